The van der Waals surface area contributed by atoms with E-state index in [1.54, 1.807) is 27.7 Å². The minimum Gasteiger partial charge on any atom is -0.478 e. The Morgan fingerprint density at radius 1 is 1.04 bits per heavy atom. The van der Waals surface area contributed by atoms with Gasteiger partial charge in [-0.15, -0.1) is 0 Å². The molecule has 27 heavy (non-hydrogen) atoms. The van der Waals surface area contributed by atoms with Gasteiger partial charge in [-0.1, -0.05) is 55.4 Å². The smallest absolute Gasteiger partial charge is 0.223 e. The van der Waals surface area contributed by atoms with Gasteiger partial charge < -0.3 is 15.2 Å². The molecule has 0 aromatic heterocycles. The summed E-state index contributed by atoms with van der Waals surface area (Å²) in [7, 11) is 0. The van der Waals surface area contributed by atoms with Gasteiger partial charge in [-0.2, -0.15) is 0 Å². The standard InChI is InChI=1S/C10H19NO3.C10H17NO2/c1-6(2)9(13)8(5-12)11-10(14)7(3)4;1-6(2)9(12)8-5-13-10(11-8)7(3)4/h6-8,12H,5H2,1-4H3,(H,11,14);6-8H,5H2,1-4H3. The van der Waals surface area contributed by atoms with Crippen LogP contribution < -0.4 is 5.32 Å². The highest BCUT2D eigenvalue weighted by Gasteiger charge is 2.28. The van der Waals surface area contributed by atoms with Crippen molar-refractivity contribution in [3.8, 4) is 0 Å². The van der Waals surface area contributed by atoms with Gasteiger partial charge in [-0.05, 0) is 0 Å². The third-order valence-corrected chi connectivity index (χ3v) is 4.00. The number of aliphatic hydroxyl groups excluding tert-OH is 1. The van der Waals surface area contributed by atoms with Crippen molar-refractivity contribution < 1.29 is 24.2 Å². The molecule has 1 heterocycles. The summed E-state index contributed by atoms with van der Waals surface area (Å²) in [6.45, 7) is 14.9. The molecule has 1 rings (SSSR count). The Hall–Kier alpha value is -1.76. The molecule has 0 fully saturated rings. The van der Waals surface area contributed by atoms with Crippen LogP contribution in [-0.2, 0) is 19.1 Å². The molecule has 0 saturated carbocycles. The Balaban J connectivity index is 0.000000501. The van der Waals surface area contributed by atoms with Crippen molar-refractivity contribution in [2.45, 2.75) is 67.5 Å². The number of carbonyl (C=O) groups excluding carboxylic acids is 3. The monoisotopic (exact) mass is 384 g/mol. The highest BCUT2D eigenvalue weighted by Crippen LogP contribution is 2.14. The van der Waals surface area contributed by atoms with E-state index in [1.165, 1.54) is 0 Å². The number of aliphatic hydroxyl groups is 1. The average Bonchev–Trinajstić information content (AvgIpc) is 3.08. The van der Waals surface area contributed by atoms with Gasteiger partial charge in [0.2, 0.25) is 5.91 Å². The van der Waals surface area contributed by atoms with Gasteiger partial charge in [0.05, 0.1) is 6.61 Å². The van der Waals surface area contributed by atoms with E-state index in [-0.39, 0.29) is 53.8 Å². The molecule has 0 aromatic rings. The van der Waals surface area contributed by atoms with Gasteiger partial charge in [-0.25, -0.2) is 4.99 Å². The van der Waals surface area contributed by atoms with E-state index in [4.69, 9.17) is 9.84 Å². The summed E-state index contributed by atoms with van der Waals surface area (Å²) in [5.41, 5.74) is 0. The lowest BCUT2D eigenvalue weighted by atomic mass is 10.0. The number of rotatable bonds is 8. The van der Waals surface area contributed by atoms with Gasteiger partial charge in [0.25, 0.3) is 0 Å². The third-order valence-electron chi connectivity index (χ3n) is 4.00. The quantitative estimate of drug-likeness (QED) is 0.666. The summed E-state index contributed by atoms with van der Waals surface area (Å²) in [4.78, 5) is 38.5. The Kier molecular flexibility index (Phi) is 11.1. The van der Waals surface area contributed by atoms with E-state index in [2.05, 4.69) is 10.3 Å². The van der Waals surface area contributed by atoms with Crippen LogP contribution in [0.1, 0.15) is 55.4 Å². The molecule has 1 aliphatic heterocycles. The third kappa shape index (κ3) is 8.65. The highest BCUT2D eigenvalue weighted by atomic mass is 16.5. The van der Waals surface area contributed by atoms with E-state index < -0.39 is 6.04 Å². The molecule has 0 aromatic carbocycles. The molecule has 7 heteroatoms. The van der Waals surface area contributed by atoms with E-state index in [9.17, 15) is 14.4 Å². The van der Waals surface area contributed by atoms with Crippen molar-refractivity contribution in [3.05, 3.63) is 0 Å². The van der Waals surface area contributed by atoms with Crippen LogP contribution in [0.5, 0.6) is 0 Å². The molecule has 0 radical (unpaired) electrons. The van der Waals surface area contributed by atoms with Crippen molar-refractivity contribution in [1.29, 1.82) is 0 Å². The van der Waals surface area contributed by atoms with E-state index >= 15 is 0 Å². The second kappa shape index (κ2) is 11.8. The van der Waals surface area contributed by atoms with Crippen LogP contribution in [0.15, 0.2) is 4.99 Å². The van der Waals surface area contributed by atoms with Gasteiger partial charge in [-0.3, -0.25) is 14.4 Å². The maximum Gasteiger partial charge on any atom is 0.223 e. The first-order chi connectivity index (χ1) is 12.4. The zero-order valence-corrected chi connectivity index (χ0v) is 17.9. The Labute approximate surface area is 163 Å². The molecule has 1 aliphatic rings. The summed E-state index contributed by atoms with van der Waals surface area (Å²) < 4.78 is 5.33. The number of carbonyl (C=O) groups is 3. The molecule has 156 valence electrons. The Morgan fingerprint density at radius 2 is 1.59 bits per heavy atom. The van der Waals surface area contributed by atoms with Crippen LogP contribution in [-0.4, -0.2) is 53.8 Å². The molecule has 2 atom stereocenters. The molecular weight excluding hydrogens is 348 g/mol. The fraction of sp³-hybridized carbons (Fsp3) is 0.800. The summed E-state index contributed by atoms with van der Waals surface area (Å²) >= 11 is 0. The zero-order valence-electron chi connectivity index (χ0n) is 17.9. The SMILES string of the molecule is CC(C)C(=O)C1COC(C(C)C)=N1.CC(C)C(=O)NC(CO)C(=O)C(C)C. The largest absolute Gasteiger partial charge is 0.478 e. The molecular formula is C20H36N2O5. The summed E-state index contributed by atoms with van der Waals surface area (Å²) in [5, 5.41) is 11.4. The van der Waals surface area contributed by atoms with Crippen molar-refractivity contribution in [2.24, 2.45) is 28.7 Å². The summed E-state index contributed by atoms with van der Waals surface area (Å²) in [6.07, 6.45) is 0. The summed E-state index contributed by atoms with van der Waals surface area (Å²) in [6, 6.07) is -1.01. The number of hydrogen-bond donors (Lipinski definition) is 2. The van der Waals surface area contributed by atoms with Gasteiger partial charge >= 0.3 is 0 Å². The van der Waals surface area contributed by atoms with Gasteiger partial charge in [0, 0.05) is 23.7 Å². The first kappa shape index (κ1) is 25.2. The lowest BCUT2D eigenvalue weighted by Crippen LogP contribution is -2.46. The number of Topliss-reactive ketones (excluding diaryl/α,β-unsaturated/α-hetero) is 2. The molecule has 0 saturated heterocycles. The number of hydrogen-bond acceptors (Lipinski definition) is 6. The zero-order chi connectivity index (χ0) is 21.3. The normalized spacial score (nSPS) is 17.4. The predicted molar refractivity (Wildman–Crippen MR) is 106 cm³/mol. The van der Waals surface area contributed by atoms with Crippen molar-refractivity contribution >= 4 is 23.4 Å². The van der Waals surface area contributed by atoms with Crippen molar-refractivity contribution in [3.63, 3.8) is 0 Å². The van der Waals surface area contributed by atoms with Crippen LogP contribution in [0.3, 0.4) is 0 Å². The predicted octanol–water partition coefficient (Wildman–Crippen LogP) is 2.01. The van der Waals surface area contributed by atoms with Crippen molar-refractivity contribution in [2.75, 3.05) is 13.2 Å². The molecule has 0 spiro atoms. The van der Waals surface area contributed by atoms with E-state index in [0.717, 1.165) is 5.90 Å². The fourth-order valence-corrected chi connectivity index (χ4v) is 2.19. The number of amides is 1. The topological polar surface area (TPSA) is 105 Å². The Bertz CT molecular complexity index is 538. The minimum atomic E-state index is -0.759. The number of ether oxygens (including phenoxy) is 1. The van der Waals surface area contributed by atoms with Crippen LogP contribution >= 0.6 is 0 Å². The number of nitrogens with one attached hydrogen (secondary N) is 1. The number of ketones is 2. The van der Waals surface area contributed by atoms with Gasteiger partial charge in [0.1, 0.15) is 18.7 Å². The maximum atomic E-state index is 11.5. The Morgan fingerprint density at radius 3 is 1.93 bits per heavy atom. The summed E-state index contributed by atoms with van der Waals surface area (Å²) in [5.74, 6) is 0.520. The van der Waals surface area contributed by atoms with Crippen LogP contribution in [0.4, 0.5) is 0 Å². The minimum absolute atomic E-state index is 0.0452. The van der Waals surface area contributed by atoms with Gasteiger partial charge in [0.15, 0.2) is 17.5 Å². The average molecular weight is 385 g/mol. The second-order valence-electron chi connectivity index (χ2n) is 7.96. The number of nitrogens with zero attached hydrogens (tertiary/aromatic N) is 1. The van der Waals surface area contributed by atoms with E-state index in [1.807, 2.05) is 27.7 Å². The lowest BCUT2D eigenvalue weighted by Gasteiger charge is -2.18. The second-order valence-corrected chi connectivity index (χ2v) is 7.96. The van der Waals surface area contributed by atoms with Crippen LogP contribution in [0.2, 0.25) is 0 Å². The molecule has 0 bridgehead atoms. The molecule has 2 N–H and O–H groups in total. The molecule has 0 aliphatic carbocycles. The molecule has 2 unspecified atom stereocenters. The first-order valence-electron chi connectivity index (χ1n) is 9.61. The molecule has 1 amide bonds. The maximum absolute atomic E-state index is 11.5. The highest BCUT2D eigenvalue weighted by molar-refractivity contribution is 5.91. The van der Waals surface area contributed by atoms with Crippen LogP contribution in [0.25, 0.3) is 0 Å². The van der Waals surface area contributed by atoms with E-state index in [0.29, 0.717) is 6.61 Å². The fourth-order valence-electron chi connectivity index (χ4n) is 2.19. The lowest BCUT2D eigenvalue weighted by molar-refractivity contribution is -0.131. The first-order valence-corrected chi connectivity index (χ1v) is 9.61. The number of aliphatic imine (C=N–C) groups is 1. The molecule has 7 nitrogen and oxygen atoms in total. The van der Waals surface area contributed by atoms with Crippen molar-refractivity contribution in [1.82, 2.24) is 5.32 Å². The van der Waals surface area contributed by atoms with Crippen LogP contribution in [0, 0.1) is 23.7 Å².